The van der Waals surface area contributed by atoms with Crippen LogP contribution in [0.15, 0.2) is 18.3 Å². The van der Waals surface area contributed by atoms with Crippen LogP contribution in [-0.2, 0) is 11.3 Å². The van der Waals surface area contributed by atoms with E-state index in [1.807, 2.05) is 32.2 Å². The molecule has 0 aliphatic rings. The first-order valence-electron chi connectivity index (χ1n) is 6.53. The van der Waals surface area contributed by atoms with Gasteiger partial charge in [-0.25, -0.2) is 0 Å². The second-order valence-corrected chi connectivity index (χ2v) is 4.63. The van der Waals surface area contributed by atoms with Crippen LogP contribution in [0.1, 0.15) is 37.9 Å². The number of rotatable bonds is 7. The van der Waals surface area contributed by atoms with E-state index in [0.717, 1.165) is 17.7 Å². The molecule has 1 atom stereocenters. The van der Waals surface area contributed by atoms with Crippen molar-refractivity contribution in [2.24, 2.45) is 0 Å². The number of hydrogen-bond acceptors (Lipinski definition) is 3. The Kier molecular flexibility index (Phi) is 6.36. The highest BCUT2D eigenvalue weighted by Crippen LogP contribution is 1.97. The standard InChI is InChI=1S/C14H23N3O/c1-4-12(3)17-14(18)7-8-15-10-13-6-5-11(2)9-16-13/h5-6,9,12,15H,4,7-8,10H2,1-3H3,(H,17,18). The molecule has 0 bridgehead atoms. The number of nitrogens with zero attached hydrogens (tertiary/aromatic N) is 1. The maximum atomic E-state index is 11.5. The van der Waals surface area contributed by atoms with Crippen LogP contribution in [0, 0.1) is 6.92 Å². The van der Waals surface area contributed by atoms with Gasteiger partial charge in [-0.15, -0.1) is 0 Å². The lowest BCUT2D eigenvalue weighted by Crippen LogP contribution is -2.33. The molecule has 18 heavy (non-hydrogen) atoms. The number of aromatic nitrogens is 1. The fourth-order valence-corrected chi connectivity index (χ4v) is 1.47. The first-order valence-corrected chi connectivity index (χ1v) is 6.53. The first-order chi connectivity index (χ1) is 8.61. The van der Waals surface area contributed by atoms with Gasteiger partial charge in [-0.2, -0.15) is 0 Å². The van der Waals surface area contributed by atoms with Crippen molar-refractivity contribution < 1.29 is 4.79 Å². The Morgan fingerprint density at radius 1 is 1.44 bits per heavy atom. The van der Waals surface area contributed by atoms with Crippen LogP contribution in [-0.4, -0.2) is 23.5 Å². The molecule has 1 heterocycles. The minimum absolute atomic E-state index is 0.105. The molecule has 4 nitrogen and oxygen atoms in total. The van der Waals surface area contributed by atoms with E-state index in [9.17, 15) is 4.79 Å². The molecule has 0 aromatic carbocycles. The van der Waals surface area contributed by atoms with Gasteiger partial charge in [0.2, 0.25) is 5.91 Å². The predicted molar refractivity (Wildman–Crippen MR) is 73.2 cm³/mol. The van der Waals surface area contributed by atoms with E-state index in [0.29, 0.717) is 19.5 Å². The van der Waals surface area contributed by atoms with Gasteiger partial charge in [0.15, 0.2) is 0 Å². The van der Waals surface area contributed by atoms with Gasteiger partial charge in [-0.05, 0) is 31.9 Å². The van der Waals surface area contributed by atoms with Gasteiger partial charge in [0.05, 0.1) is 5.69 Å². The lowest BCUT2D eigenvalue weighted by Gasteiger charge is -2.11. The molecule has 4 heteroatoms. The van der Waals surface area contributed by atoms with Crippen molar-refractivity contribution >= 4 is 5.91 Å². The van der Waals surface area contributed by atoms with Crippen LogP contribution in [0.2, 0.25) is 0 Å². The molecule has 1 rings (SSSR count). The van der Waals surface area contributed by atoms with Crippen LogP contribution >= 0.6 is 0 Å². The largest absolute Gasteiger partial charge is 0.354 e. The number of pyridine rings is 1. The van der Waals surface area contributed by atoms with E-state index in [4.69, 9.17) is 0 Å². The second kappa shape index (κ2) is 7.82. The van der Waals surface area contributed by atoms with Gasteiger partial charge in [0, 0.05) is 31.7 Å². The minimum atomic E-state index is 0.105. The van der Waals surface area contributed by atoms with Crippen LogP contribution in [0.5, 0.6) is 0 Å². The van der Waals surface area contributed by atoms with Crippen LogP contribution in [0.4, 0.5) is 0 Å². The van der Waals surface area contributed by atoms with Gasteiger partial charge in [-0.3, -0.25) is 9.78 Å². The van der Waals surface area contributed by atoms with Crippen LogP contribution < -0.4 is 10.6 Å². The Labute approximate surface area is 109 Å². The number of amides is 1. The summed E-state index contributed by atoms with van der Waals surface area (Å²) < 4.78 is 0. The van der Waals surface area contributed by atoms with Gasteiger partial charge >= 0.3 is 0 Å². The molecular formula is C14H23N3O. The molecule has 0 aliphatic carbocycles. The third-order valence-corrected chi connectivity index (χ3v) is 2.83. The van der Waals surface area contributed by atoms with Gasteiger partial charge < -0.3 is 10.6 Å². The number of aryl methyl sites for hydroxylation is 1. The average molecular weight is 249 g/mol. The Hall–Kier alpha value is -1.42. The summed E-state index contributed by atoms with van der Waals surface area (Å²) in [5.74, 6) is 0.105. The van der Waals surface area contributed by atoms with Crippen molar-refractivity contribution in [1.29, 1.82) is 0 Å². The highest BCUT2D eigenvalue weighted by Gasteiger charge is 2.04. The summed E-state index contributed by atoms with van der Waals surface area (Å²) in [4.78, 5) is 15.8. The highest BCUT2D eigenvalue weighted by atomic mass is 16.1. The van der Waals surface area contributed by atoms with E-state index in [1.54, 1.807) is 0 Å². The van der Waals surface area contributed by atoms with E-state index in [2.05, 4.69) is 22.5 Å². The lowest BCUT2D eigenvalue weighted by molar-refractivity contribution is -0.121. The monoisotopic (exact) mass is 249 g/mol. The summed E-state index contributed by atoms with van der Waals surface area (Å²) in [7, 11) is 0. The zero-order valence-corrected chi connectivity index (χ0v) is 11.5. The van der Waals surface area contributed by atoms with Crippen LogP contribution in [0.3, 0.4) is 0 Å². The number of nitrogens with one attached hydrogen (secondary N) is 2. The quantitative estimate of drug-likeness (QED) is 0.724. The van der Waals surface area contributed by atoms with Gasteiger partial charge in [0.1, 0.15) is 0 Å². The van der Waals surface area contributed by atoms with Gasteiger partial charge in [0.25, 0.3) is 0 Å². The molecule has 2 N–H and O–H groups in total. The molecule has 1 unspecified atom stereocenters. The zero-order valence-electron chi connectivity index (χ0n) is 11.5. The first kappa shape index (κ1) is 14.6. The van der Waals surface area contributed by atoms with Crippen molar-refractivity contribution in [2.45, 2.75) is 46.2 Å². The minimum Gasteiger partial charge on any atom is -0.354 e. The summed E-state index contributed by atoms with van der Waals surface area (Å²) in [5.41, 5.74) is 2.16. The number of hydrogen-bond donors (Lipinski definition) is 2. The Balaban J connectivity index is 2.15. The van der Waals surface area contributed by atoms with Crippen molar-refractivity contribution in [3.8, 4) is 0 Å². The smallest absolute Gasteiger partial charge is 0.221 e. The summed E-state index contributed by atoms with van der Waals surface area (Å²) in [6, 6.07) is 4.30. The van der Waals surface area contributed by atoms with Gasteiger partial charge in [-0.1, -0.05) is 13.0 Å². The fraction of sp³-hybridized carbons (Fsp3) is 0.571. The normalized spacial score (nSPS) is 12.2. The number of carbonyl (C=O) groups is 1. The maximum absolute atomic E-state index is 11.5. The summed E-state index contributed by atoms with van der Waals surface area (Å²) in [6.45, 7) is 7.48. The molecule has 1 aromatic heterocycles. The van der Waals surface area contributed by atoms with Crippen LogP contribution in [0.25, 0.3) is 0 Å². The van der Waals surface area contributed by atoms with Crippen molar-refractivity contribution in [1.82, 2.24) is 15.6 Å². The molecule has 0 spiro atoms. The second-order valence-electron chi connectivity index (χ2n) is 4.63. The Morgan fingerprint density at radius 3 is 2.83 bits per heavy atom. The van der Waals surface area contributed by atoms with E-state index in [-0.39, 0.29) is 11.9 Å². The third kappa shape index (κ3) is 5.77. The van der Waals surface area contributed by atoms with E-state index >= 15 is 0 Å². The number of carbonyl (C=O) groups excluding carboxylic acids is 1. The lowest BCUT2D eigenvalue weighted by atomic mass is 10.2. The Bertz CT molecular complexity index is 362. The fourth-order valence-electron chi connectivity index (χ4n) is 1.47. The SMILES string of the molecule is CCC(C)NC(=O)CCNCc1ccc(C)cn1. The Morgan fingerprint density at radius 2 is 2.22 bits per heavy atom. The molecular weight excluding hydrogens is 226 g/mol. The molecule has 0 saturated heterocycles. The van der Waals surface area contributed by atoms with Crippen molar-refractivity contribution in [3.05, 3.63) is 29.6 Å². The van der Waals surface area contributed by atoms with E-state index in [1.165, 1.54) is 0 Å². The molecule has 0 radical (unpaired) electrons. The maximum Gasteiger partial charge on any atom is 0.221 e. The summed E-state index contributed by atoms with van der Waals surface area (Å²) >= 11 is 0. The summed E-state index contributed by atoms with van der Waals surface area (Å²) in [5, 5.41) is 6.16. The molecule has 100 valence electrons. The molecule has 0 aliphatic heterocycles. The molecule has 0 saturated carbocycles. The van der Waals surface area contributed by atoms with Crippen molar-refractivity contribution in [3.63, 3.8) is 0 Å². The average Bonchev–Trinajstić information content (AvgIpc) is 2.36. The topological polar surface area (TPSA) is 54.0 Å². The highest BCUT2D eigenvalue weighted by molar-refractivity contribution is 5.76. The van der Waals surface area contributed by atoms with E-state index < -0.39 is 0 Å². The zero-order chi connectivity index (χ0) is 13.4. The molecule has 1 amide bonds. The van der Waals surface area contributed by atoms with Crippen molar-refractivity contribution in [2.75, 3.05) is 6.54 Å². The molecule has 1 aromatic rings. The summed E-state index contributed by atoms with van der Waals surface area (Å²) in [6.07, 6.45) is 3.33. The predicted octanol–water partition coefficient (Wildman–Crippen LogP) is 1.78. The molecule has 0 fully saturated rings. The third-order valence-electron chi connectivity index (χ3n) is 2.83.